The number of aromatic nitrogens is 2. The van der Waals surface area contributed by atoms with E-state index < -0.39 is 56.8 Å². The molecule has 1 unspecified atom stereocenters. The normalized spacial score (nSPS) is 23.2. The maximum absolute atomic E-state index is 13.3. The van der Waals surface area contributed by atoms with E-state index in [0.29, 0.717) is 6.42 Å². The van der Waals surface area contributed by atoms with Crippen LogP contribution in [0, 0.1) is 5.92 Å². The fourth-order valence-corrected chi connectivity index (χ4v) is 5.00. The molecule has 0 N–H and O–H groups in total. The number of ether oxygens (including phenoxy) is 1. The number of alkyl halides is 6. The lowest BCUT2D eigenvalue weighted by atomic mass is 10.1. The highest BCUT2D eigenvalue weighted by Crippen LogP contribution is 2.58. The first-order chi connectivity index (χ1) is 16.1. The number of benzene rings is 1. The number of fused-ring (bicyclic) bond motifs is 1. The van der Waals surface area contributed by atoms with Crippen molar-refractivity contribution < 1.29 is 48.8 Å². The third-order valence-electron chi connectivity index (χ3n) is 6.23. The zero-order valence-corrected chi connectivity index (χ0v) is 19.1. The molecule has 1 aromatic heterocycles. The predicted molar refractivity (Wildman–Crippen MR) is 105 cm³/mol. The van der Waals surface area contributed by atoms with Gasteiger partial charge in [-0.3, -0.25) is 4.79 Å². The Labute approximate surface area is 195 Å². The van der Waals surface area contributed by atoms with E-state index in [2.05, 4.69) is 14.7 Å². The van der Waals surface area contributed by atoms with E-state index in [9.17, 15) is 39.6 Å². The molecule has 2 aliphatic rings. The van der Waals surface area contributed by atoms with Gasteiger partial charge >= 0.3 is 18.2 Å². The average Bonchev–Trinajstić information content (AvgIpc) is 3.13. The van der Waals surface area contributed by atoms with Crippen LogP contribution >= 0.6 is 0 Å². The van der Waals surface area contributed by atoms with Crippen molar-refractivity contribution in [1.29, 1.82) is 0 Å². The van der Waals surface area contributed by atoms with Gasteiger partial charge in [-0.05, 0) is 37.5 Å². The third kappa shape index (κ3) is 4.57. The summed E-state index contributed by atoms with van der Waals surface area (Å²) in [7, 11) is -3.81. The van der Waals surface area contributed by atoms with E-state index in [4.69, 9.17) is 4.74 Å². The summed E-state index contributed by atoms with van der Waals surface area (Å²) in [5.41, 5.74) is -1.38. The van der Waals surface area contributed by atoms with Crippen LogP contribution in [-0.2, 0) is 21.4 Å². The molecular weight excluding hydrogens is 508 g/mol. The molecule has 1 aliphatic heterocycles. The van der Waals surface area contributed by atoms with Gasteiger partial charge in [0.05, 0.1) is 21.6 Å². The van der Waals surface area contributed by atoms with Gasteiger partial charge in [-0.25, -0.2) is 8.42 Å². The second-order valence-electron chi connectivity index (χ2n) is 8.53. The van der Waals surface area contributed by atoms with Crippen LogP contribution in [0.2, 0.25) is 0 Å². The summed E-state index contributed by atoms with van der Waals surface area (Å²) in [6, 6.07) is 2.99. The lowest BCUT2D eigenvalue weighted by molar-refractivity contribution is -0.189. The molecule has 1 amide bonds. The topological polar surface area (TPSA) is 103 Å². The van der Waals surface area contributed by atoms with Crippen LogP contribution in [-0.4, -0.2) is 60.5 Å². The molecule has 2 heterocycles. The number of carbonyl (C=O) groups excluding carboxylic acids is 1. The summed E-state index contributed by atoms with van der Waals surface area (Å²) < 4.78 is 112. The Morgan fingerprint density at radius 1 is 1.29 bits per heavy atom. The van der Waals surface area contributed by atoms with Gasteiger partial charge < -0.3 is 14.2 Å². The zero-order valence-electron chi connectivity index (χ0n) is 18.3. The van der Waals surface area contributed by atoms with E-state index in [0.717, 1.165) is 25.1 Å². The van der Waals surface area contributed by atoms with E-state index in [1.165, 1.54) is 11.8 Å². The molecule has 2 aromatic rings. The first-order valence-corrected chi connectivity index (χ1v) is 12.0. The molecular formula is C20H19F6N3O5S. The summed E-state index contributed by atoms with van der Waals surface area (Å²) in [4.78, 5) is 17.6. The number of piperidine rings is 1. The van der Waals surface area contributed by atoms with E-state index in [1.807, 2.05) is 0 Å². The molecule has 192 valence electrons. The molecule has 0 bridgehead atoms. The summed E-state index contributed by atoms with van der Waals surface area (Å²) in [5.74, 6) is -3.63. The van der Waals surface area contributed by atoms with Crippen LogP contribution in [0.25, 0.3) is 0 Å². The lowest BCUT2D eigenvalue weighted by Gasteiger charge is -2.24. The predicted octanol–water partition coefficient (Wildman–Crippen LogP) is 3.63. The van der Waals surface area contributed by atoms with Gasteiger partial charge in [-0.1, -0.05) is 12.1 Å². The Morgan fingerprint density at radius 3 is 2.54 bits per heavy atom. The number of likely N-dealkylation sites (tertiary alicyclic amines) is 1. The number of nitrogens with zero attached hydrogens (tertiary/aromatic N) is 3. The minimum atomic E-state index is -4.84. The van der Waals surface area contributed by atoms with Gasteiger partial charge in [0.15, 0.2) is 21.8 Å². The summed E-state index contributed by atoms with van der Waals surface area (Å²) >= 11 is 0. The van der Waals surface area contributed by atoms with Crippen LogP contribution in [0.5, 0.6) is 5.75 Å². The Kier molecular flexibility index (Phi) is 5.84. The number of rotatable bonds is 6. The van der Waals surface area contributed by atoms with Crippen molar-refractivity contribution in [3.05, 3.63) is 35.5 Å². The van der Waals surface area contributed by atoms with Gasteiger partial charge in [0.25, 0.3) is 5.91 Å². The second kappa shape index (κ2) is 8.10. The minimum absolute atomic E-state index is 0.0632. The molecule has 1 aromatic carbocycles. The van der Waals surface area contributed by atoms with Crippen LogP contribution in [0.3, 0.4) is 0 Å². The van der Waals surface area contributed by atoms with Gasteiger partial charge in [0.1, 0.15) is 5.75 Å². The zero-order chi connectivity index (χ0) is 26.0. The summed E-state index contributed by atoms with van der Waals surface area (Å²) in [6.45, 7) is 2.05. The molecule has 35 heavy (non-hydrogen) atoms. The SMILES string of the molecule is CCS(=O)(=O)c1ccc(O[C@H](C)C(F)(F)F)c(C(=O)N2CC3C[C@]3(c3noc(C(F)(F)F)n3)C2)c1. The maximum Gasteiger partial charge on any atom is 0.471 e. The standard InChI is InChI=1S/C20H19F6N3O5S/c1-3-35(31,32)12-4-5-14(33-10(2)19(21,22)23)13(6-12)15(30)29-8-11-7-18(11,9-29)16-27-17(34-28-16)20(24,25)26/h4-6,10-11H,3,7-9H2,1-2H3/t10-,11?,18+/m1/s1. The van der Waals surface area contributed by atoms with Crippen molar-refractivity contribution >= 4 is 15.7 Å². The molecule has 3 atom stereocenters. The number of halogens is 6. The highest BCUT2D eigenvalue weighted by atomic mass is 32.2. The monoisotopic (exact) mass is 527 g/mol. The van der Waals surface area contributed by atoms with Crippen molar-refractivity contribution in [2.75, 3.05) is 18.8 Å². The molecule has 8 nitrogen and oxygen atoms in total. The number of carbonyl (C=O) groups is 1. The van der Waals surface area contributed by atoms with E-state index in [1.54, 1.807) is 0 Å². The first kappa shape index (κ1) is 25.3. The smallest absolute Gasteiger partial charge is 0.471 e. The Bertz CT molecular complexity index is 1260. The first-order valence-electron chi connectivity index (χ1n) is 10.4. The van der Waals surface area contributed by atoms with Crippen LogP contribution in [0.1, 0.15) is 42.3 Å². The minimum Gasteiger partial charge on any atom is -0.480 e. The molecule has 15 heteroatoms. The Hall–Kier alpha value is -2.84. The number of amides is 1. The third-order valence-corrected chi connectivity index (χ3v) is 7.96. The van der Waals surface area contributed by atoms with E-state index >= 15 is 0 Å². The van der Waals surface area contributed by atoms with Crippen molar-refractivity contribution in [2.45, 2.75) is 49.0 Å². The molecule has 4 rings (SSSR count). The van der Waals surface area contributed by atoms with Crippen molar-refractivity contribution in [2.24, 2.45) is 5.92 Å². The molecule has 0 spiro atoms. The van der Waals surface area contributed by atoms with Crippen molar-refractivity contribution in [3.63, 3.8) is 0 Å². The fraction of sp³-hybridized carbons (Fsp3) is 0.550. The number of hydrogen-bond acceptors (Lipinski definition) is 7. The van der Waals surface area contributed by atoms with Crippen LogP contribution in [0.15, 0.2) is 27.6 Å². The maximum atomic E-state index is 13.3. The lowest BCUT2D eigenvalue weighted by Crippen LogP contribution is -2.35. The quantitative estimate of drug-likeness (QED) is 0.529. The second-order valence-corrected chi connectivity index (χ2v) is 10.8. The highest BCUT2D eigenvalue weighted by Gasteiger charge is 2.65. The fourth-order valence-electron chi connectivity index (χ4n) is 4.09. The van der Waals surface area contributed by atoms with Crippen molar-refractivity contribution in [1.82, 2.24) is 15.0 Å². The van der Waals surface area contributed by atoms with E-state index in [-0.39, 0.29) is 35.5 Å². The summed E-state index contributed by atoms with van der Waals surface area (Å²) in [6.07, 6.45) is -11.5. The Morgan fingerprint density at radius 2 is 1.97 bits per heavy atom. The molecule has 0 radical (unpaired) electrons. The van der Waals surface area contributed by atoms with Crippen LogP contribution in [0.4, 0.5) is 26.3 Å². The molecule has 1 saturated carbocycles. The Balaban J connectivity index is 1.64. The van der Waals surface area contributed by atoms with Gasteiger partial charge in [-0.15, -0.1) is 0 Å². The highest BCUT2D eigenvalue weighted by molar-refractivity contribution is 7.91. The summed E-state index contributed by atoms with van der Waals surface area (Å²) in [5, 5.41) is 3.41. The molecule has 1 aliphatic carbocycles. The van der Waals surface area contributed by atoms with Gasteiger partial charge in [0.2, 0.25) is 0 Å². The van der Waals surface area contributed by atoms with Crippen LogP contribution < -0.4 is 4.74 Å². The number of sulfone groups is 1. The molecule has 1 saturated heterocycles. The largest absolute Gasteiger partial charge is 0.480 e. The number of hydrogen-bond donors (Lipinski definition) is 0. The average molecular weight is 527 g/mol. The van der Waals surface area contributed by atoms with Crippen molar-refractivity contribution in [3.8, 4) is 5.75 Å². The van der Waals surface area contributed by atoms with Gasteiger partial charge in [0, 0.05) is 13.1 Å². The molecule has 2 fully saturated rings. The van der Waals surface area contributed by atoms with Gasteiger partial charge in [-0.2, -0.15) is 31.3 Å².